The molecule has 0 rings (SSSR count). The summed E-state index contributed by atoms with van der Waals surface area (Å²) >= 11 is 32.5. The first-order chi connectivity index (χ1) is 4.63. The first-order valence-electron chi connectivity index (χ1n) is 2.60. The van der Waals surface area contributed by atoms with Gasteiger partial charge in [0, 0.05) is 11.8 Å². The lowest BCUT2D eigenvalue weighted by Gasteiger charge is -2.16. The molecule has 0 N–H and O–H groups in total. The van der Waals surface area contributed by atoms with Gasteiger partial charge < -0.3 is 0 Å². The lowest BCUT2D eigenvalue weighted by atomic mass is 10.6. The van der Waals surface area contributed by atoms with Gasteiger partial charge in [-0.3, -0.25) is 0 Å². The predicted octanol–water partition coefficient (Wildman–Crippen LogP) is 4.95. The molecule has 0 saturated heterocycles. The Labute approximate surface area is 96.1 Å². The van der Waals surface area contributed by atoms with E-state index in [0.29, 0.717) is 6.16 Å². The Morgan fingerprint density at radius 1 is 1.18 bits per heavy atom. The van der Waals surface area contributed by atoms with Crippen molar-refractivity contribution in [2.24, 2.45) is 0 Å². The second-order valence-electron chi connectivity index (χ2n) is 2.10. The van der Waals surface area contributed by atoms with E-state index in [1.807, 2.05) is 6.92 Å². The van der Waals surface area contributed by atoms with Crippen molar-refractivity contribution in [2.75, 3.05) is 6.16 Å². The van der Waals surface area contributed by atoms with Gasteiger partial charge in [-0.1, -0.05) is 75.5 Å². The molecule has 0 amide bonds. The van der Waals surface area contributed by atoms with Crippen LogP contribution in [0.4, 0.5) is 0 Å². The first-order valence-corrected chi connectivity index (χ1v) is 12.1. The maximum atomic E-state index is 5.74. The zero-order chi connectivity index (χ0) is 9.28. The molecule has 0 radical (unpaired) electrons. The van der Waals surface area contributed by atoms with Crippen LogP contribution in [0, 0.1) is 0 Å². The Kier molecular flexibility index (Phi) is 5.88. The van der Waals surface area contributed by atoms with E-state index < -0.39 is 9.49 Å². The molecule has 0 fully saturated rings. The second-order valence-corrected chi connectivity index (χ2v) is 19.2. The summed E-state index contributed by atoms with van der Waals surface area (Å²) in [6.07, 6.45) is 0.454. The van der Waals surface area contributed by atoms with Gasteiger partial charge in [-0.15, -0.1) is 0 Å². The summed E-state index contributed by atoms with van der Waals surface area (Å²) in [6.45, 7) is 1.83. The summed E-state index contributed by atoms with van der Waals surface area (Å²) in [4.78, 5) is 0. The van der Waals surface area contributed by atoms with E-state index in [0.717, 1.165) is 0 Å². The van der Waals surface area contributed by atoms with E-state index in [4.69, 9.17) is 68.6 Å². The molecule has 1 atom stereocenters. The van der Waals surface area contributed by atoms with Crippen LogP contribution in [0.1, 0.15) is 6.92 Å². The quantitative estimate of drug-likeness (QED) is 0.677. The van der Waals surface area contributed by atoms with Crippen LogP contribution in [-0.4, -0.2) is 11.8 Å². The van der Waals surface area contributed by atoms with Crippen molar-refractivity contribution in [2.45, 2.75) is 12.6 Å². The Hall–Kier alpha value is 2.46. The van der Waals surface area contributed by atoms with Gasteiger partial charge in [0.15, 0.2) is 0 Å². The summed E-state index contributed by atoms with van der Waals surface area (Å²) < 4.78 is -4.53. The number of hydrogen-bond acceptors (Lipinski definition) is 2. The van der Waals surface area contributed by atoms with Crippen molar-refractivity contribution in [3.63, 3.8) is 0 Å². The average Bonchev–Trinajstić information content (AvgIpc) is 1.56. The monoisotopic (exact) mass is 308 g/mol. The lowest BCUT2D eigenvalue weighted by Crippen LogP contribution is -2.00. The van der Waals surface area contributed by atoms with Gasteiger partial charge in [0.1, 0.15) is 9.49 Å². The molecule has 0 spiro atoms. The van der Waals surface area contributed by atoms with Crippen LogP contribution in [0.5, 0.6) is 0 Å². The fourth-order valence-electron chi connectivity index (χ4n) is 0.403. The van der Waals surface area contributed by atoms with Crippen LogP contribution in [-0.2, 0) is 23.6 Å². The number of rotatable bonds is 3. The van der Waals surface area contributed by atoms with Crippen LogP contribution < -0.4 is 0 Å². The zero-order valence-electron chi connectivity index (χ0n) is 5.51. The van der Waals surface area contributed by atoms with Gasteiger partial charge in [0.2, 0.25) is 0 Å². The molecule has 68 valence electrons. The Morgan fingerprint density at radius 3 is 1.64 bits per heavy atom. The molecule has 11 heavy (non-hydrogen) atoms. The average molecular weight is 310 g/mol. The third-order valence-corrected chi connectivity index (χ3v) is 7.81. The van der Waals surface area contributed by atoms with Gasteiger partial charge >= 0.3 is 0 Å². The summed E-state index contributed by atoms with van der Waals surface area (Å²) in [6, 6.07) is 0. The largest absolute Gasteiger partial charge is 0.123 e. The fraction of sp³-hybridized carbons (Fsp3) is 1.00. The van der Waals surface area contributed by atoms with Crippen molar-refractivity contribution in [3.8, 4) is 0 Å². The predicted molar refractivity (Wildman–Crippen MR) is 66.3 cm³/mol. The molecule has 0 bridgehead atoms. The molecule has 0 aromatic heterocycles. The summed E-state index contributed by atoms with van der Waals surface area (Å²) in [5.41, 5.74) is -0.0540. The van der Waals surface area contributed by atoms with Gasteiger partial charge in [0.25, 0.3) is 0 Å². The van der Waals surface area contributed by atoms with Gasteiger partial charge in [0.05, 0.1) is 0 Å². The molecule has 0 aromatic rings. The third kappa shape index (κ3) is 7.52. The van der Waals surface area contributed by atoms with E-state index >= 15 is 0 Å². The van der Waals surface area contributed by atoms with Crippen molar-refractivity contribution in [1.82, 2.24) is 0 Å². The molecular weight excluding hydrogens is 304 g/mol. The normalized spacial score (nSPS) is 16.5. The minimum Gasteiger partial charge on any atom is -0.0683 e. The molecule has 8 heteroatoms. The van der Waals surface area contributed by atoms with Crippen molar-refractivity contribution >= 4 is 78.1 Å². The topological polar surface area (TPSA) is 0 Å². The van der Waals surface area contributed by atoms with E-state index in [2.05, 4.69) is 0 Å². The maximum Gasteiger partial charge on any atom is 0.123 e. The van der Waals surface area contributed by atoms with Crippen LogP contribution in [0.25, 0.3) is 0 Å². The van der Waals surface area contributed by atoms with E-state index in [1.165, 1.54) is 0 Å². The summed E-state index contributed by atoms with van der Waals surface area (Å²) in [5.74, 6) is 0. The smallest absolute Gasteiger partial charge is 0.0683 e. The highest BCUT2D eigenvalue weighted by molar-refractivity contribution is 8.41. The highest BCUT2D eigenvalue weighted by atomic mass is 35.9. The first kappa shape index (κ1) is 13.5. The minimum absolute atomic E-state index is 0.0540. The minimum atomic E-state index is -2.28. The number of halogens is 4. The zero-order valence-corrected chi connectivity index (χ0v) is 12.0. The van der Waals surface area contributed by atoms with Gasteiger partial charge in [-0.25, -0.2) is 0 Å². The van der Waals surface area contributed by atoms with Gasteiger partial charge in [-0.2, -0.15) is 0 Å². The molecule has 0 aromatic carbocycles. The summed E-state index contributed by atoms with van der Waals surface area (Å²) in [7, 11) is 0. The Balaban J connectivity index is 4.22. The Morgan fingerprint density at radius 2 is 1.55 bits per heavy atom. The van der Waals surface area contributed by atoms with E-state index in [9.17, 15) is 0 Å². The molecule has 1 unspecified atom stereocenters. The Bertz CT molecular complexity index is 217. The van der Waals surface area contributed by atoms with Crippen LogP contribution in [0.3, 0.4) is 0 Å². The molecule has 0 aliphatic heterocycles. The molecule has 0 saturated carbocycles. The standard InChI is InChI=1S/C3H6Cl4P2S2/c1-3(9(6,7)11)2-8(4,5)10/h3H,2H2,1H3. The highest BCUT2D eigenvalue weighted by Crippen LogP contribution is 2.67. The SMILES string of the molecule is CC(CP(=S)(Cl)Cl)P(=S)(Cl)Cl. The maximum absolute atomic E-state index is 5.74. The van der Waals surface area contributed by atoms with Crippen LogP contribution in [0.2, 0.25) is 0 Å². The second kappa shape index (κ2) is 4.80. The highest BCUT2D eigenvalue weighted by Gasteiger charge is 2.24. The van der Waals surface area contributed by atoms with Crippen molar-refractivity contribution in [3.05, 3.63) is 0 Å². The van der Waals surface area contributed by atoms with E-state index in [-0.39, 0.29) is 5.66 Å². The fourth-order valence-corrected chi connectivity index (χ4v) is 7.05. The van der Waals surface area contributed by atoms with Crippen molar-refractivity contribution < 1.29 is 0 Å². The lowest BCUT2D eigenvalue weighted by molar-refractivity contribution is 1.12. The molecule has 0 aliphatic rings. The van der Waals surface area contributed by atoms with Crippen LogP contribution in [0.15, 0.2) is 0 Å². The van der Waals surface area contributed by atoms with Gasteiger partial charge in [-0.05, 0) is 0 Å². The summed E-state index contributed by atoms with van der Waals surface area (Å²) in [5, 5.41) is 0. The van der Waals surface area contributed by atoms with Crippen molar-refractivity contribution in [1.29, 1.82) is 0 Å². The molecule has 0 heterocycles. The third-order valence-electron chi connectivity index (χ3n) is 0.990. The van der Waals surface area contributed by atoms with Crippen LogP contribution >= 0.6 is 54.4 Å². The molecule has 0 aliphatic carbocycles. The van der Waals surface area contributed by atoms with E-state index in [1.54, 1.807) is 0 Å². The number of hydrogen-bond donors (Lipinski definition) is 0. The molecular formula is C3H6Cl4P2S2. The molecule has 0 nitrogen and oxygen atoms in total.